The molecule has 5 nitrogen and oxygen atoms in total. The first-order chi connectivity index (χ1) is 11.9. The molecule has 4 atom stereocenters. The SMILES string of the molecule is COC(=O)C(O)C(O)C/C(=C/[Si](C)(C)C)[C@H](C)[C@H](C)O[Si](C)(C)C(C)(C)C. The standard InChI is InChI=1S/C20H42O5Si2/c1-14(15(2)25-27(10,11)20(3,4)5)16(13-26(7,8)9)12-17(21)18(22)19(23)24-6/h13-15,17-18,21-22H,12H2,1-11H3/b16-13-/t14-,15+,17?,18?/m1/s1. The summed E-state index contributed by atoms with van der Waals surface area (Å²) in [6.45, 7) is 21.9. The molecule has 0 saturated carbocycles. The summed E-state index contributed by atoms with van der Waals surface area (Å²) in [5, 5.41) is 20.5. The van der Waals surface area contributed by atoms with Gasteiger partial charge >= 0.3 is 5.97 Å². The van der Waals surface area contributed by atoms with Crippen molar-refractivity contribution in [3.05, 3.63) is 11.3 Å². The summed E-state index contributed by atoms with van der Waals surface area (Å²) in [6, 6.07) is 0. The van der Waals surface area contributed by atoms with E-state index in [4.69, 9.17) is 4.43 Å². The van der Waals surface area contributed by atoms with Gasteiger partial charge in [-0.15, -0.1) is 0 Å². The first-order valence-corrected chi connectivity index (χ1v) is 16.2. The molecule has 0 aromatic carbocycles. The second kappa shape index (κ2) is 9.83. The third-order valence-corrected chi connectivity index (χ3v) is 11.3. The molecule has 0 saturated heterocycles. The quantitative estimate of drug-likeness (QED) is 0.435. The monoisotopic (exact) mass is 418 g/mol. The number of esters is 1. The van der Waals surface area contributed by atoms with Gasteiger partial charge in [-0.2, -0.15) is 0 Å². The van der Waals surface area contributed by atoms with E-state index in [1.54, 1.807) is 0 Å². The maximum atomic E-state index is 11.6. The molecule has 0 aromatic heterocycles. The van der Waals surface area contributed by atoms with Crippen molar-refractivity contribution in [2.24, 2.45) is 5.92 Å². The molecular weight excluding hydrogens is 376 g/mol. The summed E-state index contributed by atoms with van der Waals surface area (Å²) in [4.78, 5) is 11.6. The molecule has 7 heteroatoms. The van der Waals surface area contributed by atoms with Crippen LogP contribution in [-0.4, -0.2) is 58.0 Å². The Bertz CT molecular complexity index is 517. The van der Waals surface area contributed by atoms with Crippen LogP contribution in [0.5, 0.6) is 0 Å². The number of hydrogen-bond donors (Lipinski definition) is 2. The lowest BCUT2D eigenvalue weighted by Crippen LogP contribution is -2.45. The van der Waals surface area contributed by atoms with Gasteiger partial charge in [0.1, 0.15) is 0 Å². The molecule has 0 rings (SSSR count). The number of carbonyl (C=O) groups is 1. The highest BCUT2D eigenvalue weighted by Crippen LogP contribution is 2.39. The van der Waals surface area contributed by atoms with Gasteiger partial charge in [-0.05, 0) is 31.5 Å². The molecule has 2 unspecified atom stereocenters. The highest BCUT2D eigenvalue weighted by atomic mass is 28.4. The van der Waals surface area contributed by atoms with Crippen molar-refractivity contribution in [1.29, 1.82) is 0 Å². The van der Waals surface area contributed by atoms with Crippen molar-refractivity contribution in [2.75, 3.05) is 7.11 Å². The first kappa shape index (κ1) is 26.5. The van der Waals surface area contributed by atoms with Crippen molar-refractivity contribution in [3.8, 4) is 0 Å². The van der Waals surface area contributed by atoms with Gasteiger partial charge in [-0.1, -0.05) is 58.6 Å². The van der Waals surface area contributed by atoms with Crippen LogP contribution in [0.1, 0.15) is 41.0 Å². The minimum Gasteiger partial charge on any atom is -0.467 e. The van der Waals surface area contributed by atoms with Crippen molar-refractivity contribution >= 4 is 22.4 Å². The lowest BCUT2D eigenvalue weighted by atomic mass is 9.91. The van der Waals surface area contributed by atoms with Gasteiger partial charge in [0, 0.05) is 12.0 Å². The molecule has 2 N–H and O–H groups in total. The maximum absolute atomic E-state index is 11.6. The van der Waals surface area contributed by atoms with E-state index in [2.05, 4.69) is 77.8 Å². The number of methoxy groups -OCH3 is 1. The van der Waals surface area contributed by atoms with Crippen LogP contribution in [0, 0.1) is 5.92 Å². The van der Waals surface area contributed by atoms with Crippen LogP contribution in [0.25, 0.3) is 0 Å². The molecule has 0 aromatic rings. The maximum Gasteiger partial charge on any atom is 0.337 e. The Kier molecular flexibility index (Phi) is 9.65. The van der Waals surface area contributed by atoms with Gasteiger partial charge in [0.25, 0.3) is 0 Å². The molecule has 0 amide bonds. The molecule has 0 spiro atoms. The Balaban J connectivity index is 5.53. The van der Waals surface area contributed by atoms with E-state index in [9.17, 15) is 15.0 Å². The summed E-state index contributed by atoms with van der Waals surface area (Å²) >= 11 is 0. The van der Waals surface area contributed by atoms with Crippen molar-refractivity contribution in [2.45, 2.75) is 97.1 Å². The molecule has 160 valence electrons. The molecular formula is C20H42O5Si2. The molecule has 0 heterocycles. The molecule has 0 aliphatic rings. The third kappa shape index (κ3) is 8.60. The van der Waals surface area contributed by atoms with E-state index < -0.39 is 34.6 Å². The summed E-state index contributed by atoms with van der Waals surface area (Å²) in [6.07, 6.45) is -2.52. The Morgan fingerprint density at radius 2 is 1.56 bits per heavy atom. The number of ether oxygens (including phenoxy) is 1. The Hall–Kier alpha value is -0.476. The second-order valence-electron chi connectivity index (χ2n) is 10.2. The number of rotatable bonds is 9. The van der Waals surface area contributed by atoms with Crippen LogP contribution in [0.2, 0.25) is 37.8 Å². The molecule has 0 fully saturated rings. The first-order valence-electron chi connectivity index (χ1n) is 9.76. The minimum absolute atomic E-state index is 0.0176. The number of hydrogen-bond acceptors (Lipinski definition) is 5. The fraction of sp³-hybridized carbons (Fsp3) is 0.850. The minimum atomic E-state index is -1.92. The number of aliphatic hydroxyl groups excluding tert-OH is 2. The largest absolute Gasteiger partial charge is 0.467 e. The average Bonchev–Trinajstić information content (AvgIpc) is 2.48. The highest BCUT2D eigenvalue weighted by molar-refractivity contribution is 6.81. The van der Waals surface area contributed by atoms with Crippen LogP contribution in [0.4, 0.5) is 0 Å². The van der Waals surface area contributed by atoms with Crippen LogP contribution >= 0.6 is 0 Å². The number of aliphatic hydroxyl groups is 2. The second-order valence-corrected chi connectivity index (χ2v) is 20.0. The highest BCUT2D eigenvalue weighted by Gasteiger charge is 2.40. The van der Waals surface area contributed by atoms with Crippen molar-refractivity contribution in [3.63, 3.8) is 0 Å². The lowest BCUT2D eigenvalue weighted by Gasteiger charge is -2.40. The summed E-state index contributed by atoms with van der Waals surface area (Å²) in [5.74, 6) is -0.738. The Morgan fingerprint density at radius 1 is 1.07 bits per heavy atom. The fourth-order valence-electron chi connectivity index (χ4n) is 2.61. The van der Waals surface area contributed by atoms with E-state index in [1.165, 1.54) is 7.11 Å². The molecule has 0 bridgehead atoms. The predicted octanol–water partition coefficient (Wildman–Crippen LogP) is 4.12. The zero-order chi connectivity index (χ0) is 21.8. The smallest absolute Gasteiger partial charge is 0.337 e. The van der Waals surface area contributed by atoms with Crippen LogP contribution < -0.4 is 0 Å². The molecule has 0 aliphatic heterocycles. The Labute approximate surface area is 168 Å². The predicted molar refractivity (Wildman–Crippen MR) is 117 cm³/mol. The summed E-state index contributed by atoms with van der Waals surface area (Å²) < 4.78 is 11.1. The van der Waals surface area contributed by atoms with E-state index >= 15 is 0 Å². The van der Waals surface area contributed by atoms with Crippen LogP contribution in [0.3, 0.4) is 0 Å². The van der Waals surface area contributed by atoms with E-state index in [0.717, 1.165) is 5.57 Å². The van der Waals surface area contributed by atoms with Crippen molar-refractivity contribution < 1.29 is 24.2 Å². The molecule has 0 aliphatic carbocycles. The van der Waals surface area contributed by atoms with E-state index in [0.29, 0.717) is 0 Å². The average molecular weight is 419 g/mol. The number of carbonyl (C=O) groups excluding carboxylic acids is 1. The van der Waals surface area contributed by atoms with Crippen LogP contribution in [0.15, 0.2) is 11.3 Å². The van der Waals surface area contributed by atoms with Gasteiger partial charge < -0.3 is 19.4 Å². The van der Waals surface area contributed by atoms with Gasteiger partial charge in [0.05, 0.1) is 21.3 Å². The van der Waals surface area contributed by atoms with E-state index in [-0.39, 0.29) is 23.5 Å². The third-order valence-electron chi connectivity index (χ3n) is 5.45. The van der Waals surface area contributed by atoms with Crippen molar-refractivity contribution in [1.82, 2.24) is 0 Å². The fourth-order valence-corrected chi connectivity index (χ4v) is 5.59. The molecule has 0 radical (unpaired) electrons. The van der Waals surface area contributed by atoms with Gasteiger partial charge in [-0.25, -0.2) is 4.79 Å². The summed E-state index contributed by atoms with van der Waals surface area (Å²) in [5.41, 5.74) is 3.28. The van der Waals surface area contributed by atoms with Gasteiger partial charge in [0.2, 0.25) is 0 Å². The van der Waals surface area contributed by atoms with Gasteiger partial charge in [-0.3, -0.25) is 0 Å². The topological polar surface area (TPSA) is 76.0 Å². The zero-order valence-corrected chi connectivity index (χ0v) is 21.2. The van der Waals surface area contributed by atoms with Gasteiger partial charge in [0.15, 0.2) is 14.4 Å². The Morgan fingerprint density at radius 3 is 1.93 bits per heavy atom. The summed E-state index contributed by atoms with van der Waals surface area (Å²) in [7, 11) is -2.30. The lowest BCUT2D eigenvalue weighted by molar-refractivity contribution is -0.156. The van der Waals surface area contributed by atoms with E-state index in [1.807, 2.05) is 0 Å². The van der Waals surface area contributed by atoms with Crippen LogP contribution in [-0.2, 0) is 14.0 Å². The normalized spacial score (nSPS) is 18.6. The zero-order valence-electron chi connectivity index (χ0n) is 19.2. The molecule has 27 heavy (non-hydrogen) atoms.